The van der Waals surface area contributed by atoms with Gasteiger partial charge in [0.15, 0.2) is 0 Å². The average Bonchev–Trinajstić information content (AvgIpc) is 3.07. The van der Waals surface area contributed by atoms with Crippen molar-refractivity contribution in [2.75, 3.05) is 10.6 Å². The zero-order valence-corrected chi connectivity index (χ0v) is 14.9. The number of aromatic nitrogens is 2. The van der Waals surface area contributed by atoms with Crippen LogP contribution in [0.1, 0.15) is 31.9 Å². The summed E-state index contributed by atoms with van der Waals surface area (Å²) in [5, 5.41) is 11.0. The number of hydrogen-bond acceptors (Lipinski definition) is 3. The topological polar surface area (TPSA) is 59.0 Å². The Kier molecular flexibility index (Phi) is 4.21. The largest absolute Gasteiger partial charge is 0.380 e. The molecule has 2 atom stereocenters. The van der Waals surface area contributed by atoms with Crippen molar-refractivity contribution in [1.82, 2.24) is 9.78 Å². The number of carbonyl (C=O) groups excluding carboxylic acids is 1. The lowest BCUT2D eigenvalue weighted by Gasteiger charge is -2.16. The first kappa shape index (κ1) is 16.4. The van der Waals surface area contributed by atoms with Crippen LogP contribution in [0.15, 0.2) is 60.9 Å². The van der Waals surface area contributed by atoms with Gasteiger partial charge < -0.3 is 10.6 Å². The predicted octanol–water partition coefficient (Wildman–Crippen LogP) is 4.30. The van der Waals surface area contributed by atoms with Crippen LogP contribution >= 0.6 is 0 Å². The molecule has 1 aliphatic rings. The second kappa shape index (κ2) is 6.67. The van der Waals surface area contributed by atoms with Gasteiger partial charge in [0.1, 0.15) is 0 Å². The first-order valence-electron chi connectivity index (χ1n) is 8.90. The molecule has 132 valence electrons. The Bertz CT molecular complexity index is 932. The van der Waals surface area contributed by atoms with E-state index in [9.17, 15) is 4.79 Å². The molecule has 2 N–H and O–H groups in total. The van der Waals surface area contributed by atoms with Crippen LogP contribution in [-0.2, 0) is 4.79 Å². The summed E-state index contributed by atoms with van der Waals surface area (Å²) in [6.07, 6.45) is 4.40. The Hall–Kier alpha value is -3.08. The lowest BCUT2D eigenvalue weighted by molar-refractivity contribution is -0.116. The number of rotatable bonds is 3. The third-order valence-corrected chi connectivity index (χ3v) is 4.81. The number of fused-ring (bicyclic) bond motifs is 1. The summed E-state index contributed by atoms with van der Waals surface area (Å²) in [7, 11) is 0. The molecule has 4 rings (SSSR count). The first-order chi connectivity index (χ1) is 12.6. The minimum absolute atomic E-state index is 0.0364. The van der Waals surface area contributed by atoms with Gasteiger partial charge in [0, 0.05) is 29.8 Å². The Balaban J connectivity index is 1.71. The molecule has 2 aromatic carbocycles. The third-order valence-electron chi connectivity index (χ3n) is 4.81. The van der Waals surface area contributed by atoms with E-state index >= 15 is 0 Å². The van der Waals surface area contributed by atoms with Crippen LogP contribution in [0.4, 0.5) is 11.4 Å². The van der Waals surface area contributed by atoms with Crippen LogP contribution in [0.2, 0.25) is 0 Å². The van der Waals surface area contributed by atoms with Gasteiger partial charge in [-0.2, -0.15) is 5.10 Å². The van der Waals surface area contributed by atoms with Crippen molar-refractivity contribution >= 4 is 17.3 Å². The van der Waals surface area contributed by atoms with Crippen molar-refractivity contribution in [3.63, 3.8) is 0 Å². The maximum atomic E-state index is 12.0. The highest BCUT2D eigenvalue weighted by Gasteiger charge is 2.21. The first-order valence-corrected chi connectivity index (χ1v) is 8.90. The second-order valence-electron chi connectivity index (χ2n) is 6.82. The molecule has 1 unspecified atom stereocenters. The summed E-state index contributed by atoms with van der Waals surface area (Å²) in [5.74, 6) is 0.0364. The second-order valence-corrected chi connectivity index (χ2v) is 6.82. The van der Waals surface area contributed by atoms with E-state index in [1.54, 1.807) is 0 Å². The van der Waals surface area contributed by atoms with Gasteiger partial charge in [-0.15, -0.1) is 0 Å². The summed E-state index contributed by atoms with van der Waals surface area (Å²) in [6, 6.07) is 16.5. The monoisotopic (exact) mass is 346 g/mol. The van der Waals surface area contributed by atoms with Gasteiger partial charge in [0.05, 0.1) is 23.6 Å². The lowest BCUT2D eigenvalue weighted by Crippen LogP contribution is -2.19. The lowest BCUT2D eigenvalue weighted by atomic mass is 10.0. The number of nitrogens with one attached hydrogen (secondary N) is 2. The standard InChI is InChI=1S/C21H22N4O/c1-14-11-20(26)24-19-10-6-9-18(21(19)23-14)17-12-22-25(13-17)15(2)16-7-4-3-5-8-16/h3-10,12-15,23H,11H2,1-2H3,(H,24,26)/t14-,15?/m0/s1. The number of benzene rings is 2. The van der Waals surface area contributed by atoms with E-state index < -0.39 is 0 Å². The molecule has 0 saturated carbocycles. The normalized spacial score (nSPS) is 17.6. The highest BCUT2D eigenvalue weighted by Crippen LogP contribution is 2.36. The van der Waals surface area contributed by atoms with E-state index in [1.165, 1.54) is 5.56 Å². The van der Waals surface area contributed by atoms with E-state index in [-0.39, 0.29) is 18.0 Å². The fourth-order valence-electron chi connectivity index (χ4n) is 3.40. The predicted molar refractivity (Wildman–Crippen MR) is 104 cm³/mol. The minimum atomic E-state index is 0.0364. The fraction of sp³-hybridized carbons (Fsp3) is 0.238. The molecule has 3 aromatic rings. The Labute approximate surface area is 153 Å². The molecule has 1 amide bonds. The summed E-state index contributed by atoms with van der Waals surface area (Å²) in [6.45, 7) is 4.16. The Morgan fingerprint density at radius 1 is 1.15 bits per heavy atom. The highest BCUT2D eigenvalue weighted by atomic mass is 16.1. The van der Waals surface area contributed by atoms with Crippen LogP contribution in [-0.4, -0.2) is 21.7 Å². The van der Waals surface area contributed by atoms with Crippen molar-refractivity contribution in [2.24, 2.45) is 0 Å². The highest BCUT2D eigenvalue weighted by molar-refractivity contribution is 6.00. The molecule has 0 saturated heterocycles. The number of amides is 1. The molecule has 26 heavy (non-hydrogen) atoms. The van der Waals surface area contributed by atoms with E-state index in [1.807, 2.05) is 48.1 Å². The molecule has 5 heteroatoms. The third kappa shape index (κ3) is 3.08. The molecule has 5 nitrogen and oxygen atoms in total. The number of para-hydroxylation sites is 1. The van der Waals surface area contributed by atoms with Gasteiger partial charge in [-0.05, 0) is 25.5 Å². The smallest absolute Gasteiger partial charge is 0.226 e. The quantitative estimate of drug-likeness (QED) is 0.743. The number of nitrogens with zero attached hydrogens (tertiary/aromatic N) is 2. The van der Waals surface area contributed by atoms with Gasteiger partial charge in [-0.1, -0.05) is 42.5 Å². The molecule has 0 aliphatic carbocycles. The summed E-state index contributed by atoms with van der Waals surface area (Å²) >= 11 is 0. The number of anilines is 2. The maximum absolute atomic E-state index is 12.0. The SMILES string of the molecule is CC(c1ccccc1)n1cc(-c2cccc3c2N[C@@H](C)CC(=O)N3)cn1. The van der Waals surface area contributed by atoms with Crippen LogP contribution in [0.5, 0.6) is 0 Å². The summed E-state index contributed by atoms with van der Waals surface area (Å²) in [4.78, 5) is 12.0. The number of carbonyl (C=O) groups is 1. The van der Waals surface area contributed by atoms with Crippen molar-refractivity contribution < 1.29 is 4.79 Å². The molecule has 2 heterocycles. The average molecular weight is 346 g/mol. The number of hydrogen-bond donors (Lipinski definition) is 2. The molecule has 0 fully saturated rings. The van der Waals surface area contributed by atoms with Crippen LogP contribution in [0.25, 0.3) is 11.1 Å². The van der Waals surface area contributed by atoms with Gasteiger partial charge in [0.25, 0.3) is 0 Å². The zero-order valence-electron chi connectivity index (χ0n) is 14.9. The van der Waals surface area contributed by atoms with Crippen LogP contribution in [0, 0.1) is 0 Å². The van der Waals surface area contributed by atoms with Crippen molar-refractivity contribution in [1.29, 1.82) is 0 Å². The van der Waals surface area contributed by atoms with E-state index in [0.717, 1.165) is 22.5 Å². The van der Waals surface area contributed by atoms with E-state index in [4.69, 9.17) is 0 Å². The summed E-state index contributed by atoms with van der Waals surface area (Å²) < 4.78 is 1.97. The van der Waals surface area contributed by atoms with Crippen molar-refractivity contribution in [3.05, 3.63) is 66.5 Å². The Morgan fingerprint density at radius 3 is 2.77 bits per heavy atom. The molecule has 0 radical (unpaired) electrons. The molecular formula is C21H22N4O. The maximum Gasteiger partial charge on any atom is 0.226 e. The van der Waals surface area contributed by atoms with Gasteiger partial charge >= 0.3 is 0 Å². The van der Waals surface area contributed by atoms with Gasteiger partial charge in [-0.25, -0.2) is 0 Å². The summed E-state index contributed by atoms with van der Waals surface area (Å²) in [5.41, 5.74) is 5.06. The molecule has 0 bridgehead atoms. The van der Waals surface area contributed by atoms with Crippen LogP contribution in [0.3, 0.4) is 0 Å². The fourth-order valence-corrected chi connectivity index (χ4v) is 3.40. The molecule has 1 aliphatic heterocycles. The van der Waals surface area contributed by atoms with Gasteiger partial charge in [-0.3, -0.25) is 9.48 Å². The van der Waals surface area contributed by atoms with Crippen LogP contribution < -0.4 is 10.6 Å². The van der Waals surface area contributed by atoms with E-state index in [2.05, 4.69) is 47.1 Å². The minimum Gasteiger partial charge on any atom is -0.380 e. The molecule has 1 aromatic heterocycles. The Morgan fingerprint density at radius 2 is 1.96 bits per heavy atom. The van der Waals surface area contributed by atoms with Crippen molar-refractivity contribution in [3.8, 4) is 11.1 Å². The zero-order chi connectivity index (χ0) is 18.1. The van der Waals surface area contributed by atoms with Gasteiger partial charge in [0.2, 0.25) is 5.91 Å². The molecular weight excluding hydrogens is 324 g/mol. The van der Waals surface area contributed by atoms with Crippen molar-refractivity contribution in [2.45, 2.75) is 32.4 Å². The van der Waals surface area contributed by atoms with E-state index in [0.29, 0.717) is 6.42 Å². The molecule has 0 spiro atoms.